The van der Waals surface area contributed by atoms with Gasteiger partial charge in [-0.05, 0) is 98.6 Å². The molecule has 1 amide bonds. The molecule has 2 aliphatic carbocycles. The summed E-state index contributed by atoms with van der Waals surface area (Å²) in [5.74, 6) is -5.57. The van der Waals surface area contributed by atoms with E-state index in [9.17, 15) is 36.6 Å². The first-order chi connectivity index (χ1) is 20.1. The lowest BCUT2D eigenvalue weighted by Gasteiger charge is -2.36. The van der Waals surface area contributed by atoms with Gasteiger partial charge in [0.25, 0.3) is 5.91 Å². The van der Waals surface area contributed by atoms with Crippen LogP contribution in [-0.4, -0.2) is 65.7 Å². The van der Waals surface area contributed by atoms with E-state index >= 15 is 0 Å². The molecular weight excluding hydrogens is 569 g/mol. The number of ether oxygens (including phenoxy) is 1. The van der Waals surface area contributed by atoms with Gasteiger partial charge in [-0.1, -0.05) is 31.6 Å². The molecule has 0 radical (unpaired) electrons. The molecule has 0 bridgehead atoms. The average Bonchev–Trinajstić information content (AvgIpc) is 2.97. The van der Waals surface area contributed by atoms with Crippen molar-refractivity contribution in [3.05, 3.63) is 58.2 Å². The number of morpholine rings is 1. The number of carbonyl (C=O) groups is 2. The largest absolute Gasteiger partial charge is 0.456 e. The second-order valence-electron chi connectivity index (χ2n) is 12.6. The van der Waals surface area contributed by atoms with E-state index in [2.05, 4.69) is 0 Å². The molecule has 0 aromatic heterocycles. The van der Waals surface area contributed by atoms with Gasteiger partial charge in [-0.15, -0.1) is 0 Å². The molecule has 0 saturated carbocycles. The molecule has 43 heavy (non-hydrogen) atoms. The summed E-state index contributed by atoms with van der Waals surface area (Å²) in [6, 6.07) is 7.54. The molecule has 0 spiro atoms. The van der Waals surface area contributed by atoms with Crippen LogP contribution in [0.4, 0.5) is 22.0 Å². The minimum Gasteiger partial charge on any atom is -0.384 e. The third-order valence-electron chi connectivity index (χ3n) is 9.60. The summed E-state index contributed by atoms with van der Waals surface area (Å²) in [5, 5.41) is 10.1. The molecule has 3 aliphatic rings. The number of alkyl halides is 5. The summed E-state index contributed by atoms with van der Waals surface area (Å²) >= 11 is 0. The van der Waals surface area contributed by atoms with Gasteiger partial charge in [0.1, 0.15) is 5.60 Å². The van der Waals surface area contributed by atoms with Crippen molar-refractivity contribution in [1.29, 1.82) is 0 Å². The zero-order valence-electron chi connectivity index (χ0n) is 25.1. The highest BCUT2D eigenvalue weighted by Gasteiger charge is 2.67. The van der Waals surface area contributed by atoms with Crippen LogP contribution >= 0.6 is 0 Å². The van der Waals surface area contributed by atoms with Crippen LogP contribution in [0.1, 0.15) is 94.0 Å². The lowest BCUT2D eigenvalue weighted by atomic mass is 9.71. The summed E-state index contributed by atoms with van der Waals surface area (Å²) in [4.78, 5) is 27.0. The number of amides is 1. The monoisotopic (exact) mass is 611 g/mol. The number of aliphatic hydroxyl groups is 1. The Bertz CT molecular complexity index is 1230. The van der Waals surface area contributed by atoms with E-state index in [4.69, 9.17) is 4.74 Å². The first-order valence-electron chi connectivity index (χ1n) is 15.2. The fourth-order valence-corrected chi connectivity index (χ4v) is 6.50. The predicted molar refractivity (Wildman–Crippen MR) is 153 cm³/mol. The maximum Gasteiger partial charge on any atom is 0.456 e. The van der Waals surface area contributed by atoms with Crippen LogP contribution in [0.5, 0.6) is 0 Å². The Labute approximate surface area is 250 Å². The Morgan fingerprint density at radius 1 is 0.977 bits per heavy atom. The molecular formula is C33H42F5NO4. The van der Waals surface area contributed by atoms with Crippen LogP contribution in [-0.2, 0) is 9.53 Å². The number of rotatable bonds is 10. The van der Waals surface area contributed by atoms with Gasteiger partial charge >= 0.3 is 12.1 Å². The summed E-state index contributed by atoms with van der Waals surface area (Å²) in [6.07, 6.45) is -0.535. The second-order valence-corrected chi connectivity index (χ2v) is 12.6. The van der Waals surface area contributed by atoms with Gasteiger partial charge in [0.05, 0.1) is 13.2 Å². The molecule has 1 aromatic rings. The zero-order chi connectivity index (χ0) is 31.6. The number of ketones is 1. The zero-order valence-corrected chi connectivity index (χ0v) is 25.1. The quantitative estimate of drug-likeness (QED) is 0.280. The fourth-order valence-electron chi connectivity index (χ4n) is 6.50. The molecule has 238 valence electrons. The normalized spacial score (nSPS) is 21.9. The van der Waals surface area contributed by atoms with Gasteiger partial charge in [0.15, 0.2) is 5.78 Å². The van der Waals surface area contributed by atoms with E-state index in [1.165, 1.54) is 11.1 Å². The van der Waals surface area contributed by atoms with Crippen molar-refractivity contribution in [2.24, 2.45) is 11.8 Å². The summed E-state index contributed by atoms with van der Waals surface area (Å²) in [7, 11) is 0. The van der Waals surface area contributed by atoms with E-state index < -0.39 is 24.1 Å². The van der Waals surface area contributed by atoms with Crippen molar-refractivity contribution < 1.29 is 41.4 Å². The van der Waals surface area contributed by atoms with Gasteiger partial charge in [0, 0.05) is 31.0 Å². The first kappa shape index (κ1) is 33.3. The Hall–Kier alpha value is -2.59. The van der Waals surface area contributed by atoms with Crippen molar-refractivity contribution in [3.8, 4) is 0 Å². The van der Waals surface area contributed by atoms with Gasteiger partial charge in [-0.2, -0.15) is 22.0 Å². The molecule has 1 saturated heterocycles. The lowest BCUT2D eigenvalue weighted by Crippen LogP contribution is -2.55. The third kappa shape index (κ3) is 7.39. The Balaban J connectivity index is 1.57. The number of fused-ring (bicyclic) bond motifs is 1. The highest BCUT2D eigenvalue weighted by Crippen LogP contribution is 2.47. The molecule has 1 aromatic carbocycles. The minimum atomic E-state index is -5.84. The van der Waals surface area contributed by atoms with Crippen LogP contribution in [0.15, 0.2) is 47.1 Å². The molecule has 2 unspecified atom stereocenters. The Kier molecular flexibility index (Phi) is 10.2. The highest BCUT2D eigenvalue weighted by atomic mass is 19.4. The van der Waals surface area contributed by atoms with Gasteiger partial charge in [-0.3, -0.25) is 9.59 Å². The fraction of sp³-hybridized carbons (Fsp3) is 0.636. The molecule has 1 fully saturated rings. The van der Waals surface area contributed by atoms with Crippen molar-refractivity contribution in [2.75, 3.05) is 26.3 Å². The van der Waals surface area contributed by atoms with Crippen molar-refractivity contribution >= 4 is 11.7 Å². The molecule has 1 aliphatic heterocycles. The van der Waals surface area contributed by atoms with Crippen LogP contribution in [0, 0.1) is 11.8 Å². The topological polar surface area (TPSA) is 66.8 Å². The van der Waals surface area contributed by atoms with Crippen molar-refractivity contribution in [2.45, 2.75) is 95.8 Å². The molecule has 4 atom stereocenters. The summed E-state index contributed by atoms with van der Waals surface area (Å²) < 4.78 is 72.2. The van der Waals surface area contributed by atoms with Crippen molar-refractivity contribution in [1.82, 2.24) is 4.90 Å². The van der Waals surface area contributed by atoms with Crippen LogP contribution < -0.4 is 0 Å². The smallest absolute Gasteiger partial charge is 0.384 e. The lowest BCUT2D eigenvalue weighted by molar-refractivity contribution is -0.339. The summed E-state index contributed by atoms with van der Waals surface area (Å²) in [5.41, 5.74) is 1.83. The molecule has 1 heterocycles. The Morgan fingerprint density at radius 3 is 2.26 bits per heavy atom. The minimum absolute atomic E-state index is 0.00882. The van der Waals surface area contributed by atoms with Crippen LogP contribution in [0.25, 0.3) is 0 Å². The van der Waals surface area contributed by atoms with Gasteiger partial charge in [-0.25, -0.2) is 0 Å². The van der Waals surface area contributed by atoms with E-state index in [1.807, 2.05) is 38.1 Å². The SMILES string of the molecule is CC(C[C@@H](C1=C2CCC(=O)C=C2CCC1)c1ccc(C(=O)N2CCOCC2)cc1)[C@H](C)CCC(C)(O)C(F)(F)C(F)(F)F. The first-order valence-corrected chi connectivity index (χ1v) is 15.2. The number of carbonyl (C=O) groups excluding carboxylic acids is 2. The number of halogens is 5. The van der Waals surface area contributed by atoms with E-state index in [-0.39, 0.29) is 35.9 Å². The van der Waals surface area contributed by atoms with Gasteiger partial charge in [0.2, 0.25) is 0 Å². The van der Waals surface area contributed by atoms with Crippen LogP contribution in [0.2, 0.25) is 0 Å². The molecule has 4 rings (SSSR count). The van der Waals surface area contributed by atoms with E-state index in [0.29, 0.717) is 58.1 Å². The van der Waals surface area contributed by atoms with Crippen LogP contribution in [0.3, 0.4) is 0 Å². The van der Waals surface area contributed by atoms with Crippen molar-refractivity contribution in [3.63, 3.8) is 0 Å². The highest BCUT2D eigenvalue weighted by molar-refractivity contribution is 5.94. The standard InChI is InChI=1S/C33H42F5NO4/c1-21(13-14-31(3,42)32(34,35)33(36,37)38)22(2)19-29(28-6-4-5-25-20-26(40)11-12-27(25)28)23-7-9-24(10-8-23)30(41)39-15-17-43-18-16-39/h7-10,20-22,29,42H,4-6,11-19H2,1-3H3/t21-,22?,29-,31?/m1/s1. The molecule has 10 heteroatoms. The average molecular weight is 612 g/mol. The number of benzene rings is 1. The third-order valence-corrected chi connectivity index (χ3v) is 9.60. The summed E-state index contributed by atoms with van der Waals surface area (Å²) in [6.45, 7) is 6.39. The number of allylic oxidation sites excluding steroid dienone is 4. The van der Waals surface area contributed by atoms with E-state index in [0.717, 1.165) is 30.4 Å². The second kappa shape index (κ2) is 13.2. The number of hydrogen-bond donors (Lipinski definition) is 1. The molecule has 1 N–H and O–H groups in total. The predicted octanol–water partition coefficient (Wildman–Crippen LogP) is 7.40. The Morgan fingerprint density at radius 2 is 1.63 bits per heavy atom. The maximum atomic E-state index is 14.0. The number of hydrogen-bond acceptors (Lipinski definition) is 4. The van der Waals surface area contributed by atoms with E-state index in [1.54, 1.807) is 11.0 Å². The van der Waals surface area contributed by atoms with Gasteiger partial charge < -0.3 is 14.7 Å². The maximum absolute atomic E-state index is 14.0. The molecule has 5 nitrogen and oxygen atoms in total. The number of nitrogens with zero attached hydrogens (tertiary/aromatic N) is 1.